The summed E-state index contributed by atoms with van der Waals surface area (Å²) in [5.74, 6) is 0.767. The Hall–Kier alpha value is -2.81. The maximum atomic E-state index is 13.4. The molecule has 3 aliphatic rings. The molecule has 0 bridgehead atoms. The van der Waals surface area contributed by atoms with E-state index in [4.69, 9.17) is 0 Å². The zero-order valence-electron chi connectivity index (χ0n) is 21.4. The van der Waals surface area contributed by atoms with Gasteiger partial charge in [-0.1, -0.05) is 12.1 Å². The topological polar surface area (TPSA) is 80.8 Å². The molecule has 8 nitrogen and oxygen atoms in total. The van der Waals surface area contributed by atoms with Gasteiger partial charge >= 0.3 is 0 Å². The maximum absolute atomic E-state index is 13.4. The molecule has 1 aromatic carbocycles. The second-order valence-electron chi connectivity index (χ2n) is 10.7. The van der Waals surface area contributed by atoms with Gasteiger partial charge in [0.1, 0.15) is 0 Å². The molecule has 0 atom stereocenters. The lowest BCUT2D eigenvalue weighted by Gasteiger charge is -2.44. The number of benzene rings is 1. The molecule has 3 saturated heterocycles. The largest absolute Gasteiger partial charge is 0.341 e. The number of aromatic nitrogens is 1. The Balaban J connectivity index is 1.24. The summed E-state index contributed by atoms with van der Waals surface area (Å²) >= 11 is 0. The minimum Gasteiger partial charge on any atom is -0.341 e. The molecule has 3 fully saturated rings. The van der Waals surface area contributed by atoms with E-state index in [-0.39, 0.29) is 17.7 Å². The monoisotopic (exact) mass is 490 g/mol. The van der Waals surface area contributed by atoms with Crippen LogP contribution in [0, 0.1) is 5.92 Å². The molecular formula is C28H38N6O2. The van der Waals surface area contributed by atoms with Gasteiger partial charge in [-0.15, -0.1) is 0 Å². The van der Waals surface area contributed by atoms with E-state index in [1.807, 2.05) is 12.1 Å². The van der Waals surface area contributed by atoms with Crippen LogP contribution >= 0.6 is 0 Å². The van der Waals surface area contributed by atoms with Crippen molar-refractivity contribution in [3.05, 3.63) is 54.4 Å². The fraction of sp³-hybridized carbons (Fsp3) is 0.536. The molecule has 5 rings (SSSR count). The normalized spacial score (nSPS) is 20.1. The zero-order valence-corrected chi connectivity index (χ0v) is 21.4. The highest BCUT2D eigenvalue weighted by Gasteiger charge is 2.39. The number of nitrogens with one attached hydrogen (secondary N) is 2. The Morgan fingerprint density at radius 3 is 2.22 bits per heavy atom. The van der Waals surface area contributed by atoms with Crippen LogP contribution in [0.5, 0.6) is 0 Å². The molecule has 2 aromatic rings. The number of rotatable bonds is 6. The number of carbonyl (C=O) groups excluding carboxylic acids is 2. The van der Waals surface area contributed by atoms with Crippen molar-refractivity contribution in [2.75, 3.05) is 57.3 Å². The van der Waals surface area contributed by atoms with Crippen molar-refractivity contribution < 1.29 is 9.59 Å². The summed E-state index contributed by atoms with van der Waals surface area (Å²) in [6.07, 6.45) is 5.39. The second-order valence-corrected chi connectivity index (χ2v) is 10.7. The summed E-state index contributed by atoms with van der Waals surface area (Å²) in [7, 11) is 0. The highest BCUT2D eigenvalue weighted by molar-refractivity contribution is 6.02. The van der Waals surface area contributed by atoms with E-state index in [1.54, 1.807) is 17.3 Å². The third kappa shape index (κ3) is 5.03. The van der Waals surface area contributed by atoms with Crippen LogP contribution in [-0.2, 0) is 9.59 Å². The molecule has 0 unspecified atom stereocenters. The Kier molecular flexibility index (Phi) is 7.37. The molecule has 3 aliphatic heterocycles. The van der Waals surface area contributed by atoms with Crippen molar-refractivity contribution in [2.45, 2.75) is 38.1 Å². The van der Waals surface area contributed by atoms with Gasteiger partial charge in [0.2, 0.25) is 11.8 Å². The van der Waals surface area contributed by atoms with Crippen LogP contribution < -0.4 is 15.5 Å². The molecule has 192 valence electrons. The van der Waals surface area contributed by atoms with Gasteiger partial charge in [-0.2, -0.15) is 0 Å². The molecule has 2 N–H and O–H groups in total. The van der Waals surface area contributed by atoms with E-state index in [9.17, 15) is 9.59 Å². The molecule has 4 heterocycles. The number of hydrogen-bond acceptors (Lipinski definition) is 6. The summed E-state index contributed by atoms with van der Waals surface area (Å²) in [5, 5.41) is 6.57. The van der Waals surface area contributed by atoms with Gasteiger partial charge < -0.3 is 15.5 Å². The number of hydrogen-bond donors (Lipinski definition) is 2. The number of amides is 2. The zero-order chi connectivity index (χ0) is 25.1. The molecule has 0 aliphatic carbocycles. The van der Waals surface area contributed by atoms with Gasteiger partial charge in [0.05, 0.1) is 23.3 Å². The molecule has 0 saturated carbocycles. The minimum absolute atomic E-state index is 0.00260. The average Bonchev–Trinajstić information content (AvgIpc) is 2.89. The van der Waals surface area contributed by atoms with E-state index in [0.29, 0.717) is 5.92 Å². The Bertz CT molecular complexity index is 1040. The summed E-state index contributed by atoms with van der Waals surface area (Å²) in [6.45, 7) is 10.9. The second kappa shape index (κ2) is 10.7. The maximum Gasteiger partial charge on any atom is 0.242 e. The average molecular weight is 491 g/mol. The highest BCUT2D eigenvalue weighted by atomic mass is 16.2. The van der Waals surface area contributed by atoms with Crippen LogP contribution in [0.2, 0.25) is 0 Å². The highest BCUT2D eigenvalue weighted by Crippen LogP contribution is 2.33. The number of anilines is 2. The number of likely N-dealkylation sites (tertiary alicyclic amines) is 1. The van der Waals surface area contributed by atoms with Gasteiger partial charge in [-0.3, -0.25) is 24.4 Å². The lowest BCUT2D eigenvalue weighted by Crippen LogP contribution is -2.61. The van der Waals surface area contributed by atoms with E-state index >= 15 is 0 Å². The van der Waals surface area contributed by atoms with Crippen molar-refractivity contribution in [2.24, 2.45) is 5.92 Å². The van der Waals surface area contributed by atoms with E-state index in [1.165, 1.54) is 5.56 Å². The van der Waals surface area contributed by atoms with E-state index in [2.05, 4.69) is 63.5 Å². The van der Waals surface area contributed by atoms with Gasteiger partial charge in [0.25, 0.3) is 0 Å². The van der Waals surface area contributed by atoms with Crippen LogP contribution in [0.15, 0.2) is 48.8 Å². The van der Waals surface area contributed by atoms with Gasteiger partial charge in [0, 0.05) is 64.2 Å². The third-order valence-electron chi connectivity index (χ3n) is 8.09. The van der Waals surface area contributed by atoms with Crippen LogP contribution in [0.4, 0.5) is 11.4 Å². The smallest absolute Gasteiger partial charge is 0.242 e. The number of nitrogens with zero attached hydrogens (tertiary/aromatic N) is 4. The van der Waals surface area contributed by atoms with Gasteiger partial charge in [-0.05, 0) is 62.4 Å². The summed E-state index contributed by atoms with van der Waals surface area (Å²) in [6, 6.07) is 12.2. The number of pyridine rings is 1. The third-order valence-corrected chi connectivity index (χ3v) is 8.09. The summed E-state index contributed by atoms with van der Waals surface area (Å²) in [4.78, 5) is 37.0. The van der Waals surface area contributed by atoms with Crippen LogP contribution in [0.3, 0.4) is 0 Å². The van der Waals surface area contributed by atoms with E-state index in [0.717, 1.165) is 76.6 Å². The first-order valence-corrected chi connectivity index (χ1v) is 13.2. The molecular weight excluding hydrogens is 452 g/mol. The Morgan fingerprint density at radius 1 is 0.944 bits per heavy atom. The predicted molar refractivity (Wildman–Crippen MR) is 141 cm³/mol. The first kappa shape index (κ1) is 24.9. The first-order valence-electron chi connectivity index (χ1n) is 13.2. The van der Waals surface area contributed by atoms with Crippen molar-refractivity contribution >= 4 is 23.2 Å². The molecule has 2 amide bonds. The van der Waals surface area contributed by atoms with Crippen molar-refractivity contribution in [1.82, 2.24) is 25.4 Å². The lowest BCUT2D eigenvalue weighted by atomic mass is 9.88. The standard InChI is InChI=1S/C28H38N6O2/c1-28(2,33-16-12-29-13-17-33)27(36)32-14-9-22(10-15-32)21-5-7-24(8-6-21)34(25-4-3-11-30-20-25)26(35)23-18-31-19-23/h3-8,11,20,22-23,29,31H,9-10,12-19H2,1-2H3. The van der Waals surface area contributed by atoms with Crippen molar-refractivity contribution in [3.63, 3.8) is 0 Å². The molecule has 36 heavy (non-hydrogen) atoms. The fourth-order valence-electron chi connectivity index (χ4n) is 5.59. The lowest BCUT2D eigenvalue weighted by molar-refractivity contribution is -0.144. The van der Waals surface area contributed by atoms with Crippen molar-refractivity contribution in [3.8, 4) is 0 Å². The molecule has 0 spiro atoms. The quantitative estimate of drug-likeness (QED) is 0.647. The Labute approximate surface area is 214 Å². The Morgan fingerprint density at radius 2 is 1.64 bits per heavy atom. The van der Waals surface area contributed by atoms with Crippen molar-refractivity contribution in [1.29, 1.82) is 0 Å². The summed E-state index contributed by atoms with van der Waals surface area (Å²) in [5.41, 5.74) is 2.47. The number of carbonyl (C=O) groups is 2. The molecule has 8 heteroatoms. The predicted octanol–water partition coefficient (Wildman–Crippen LogP) is 2.36. The summed E-state index contributed by atoms with van der Waals surface area (Å²) < 4.78 is 0. The molecule has 1 aromatic heterocycles. The minimum atomic E-state index is -0.463. The molecule has 0 radical (unpaired) electrons. The fourth-order valence-corrected chi connectivity index (χ4v) is 5.59. The first-order chi connectivity index (χ1) is 17.4. The SMILES string of the molecule is CC(C)(C(=O)N1CCC(c2ccc(N(C(=O)C3CNC3)c3cccnc3)cc2)CC1)N1CCNCC1. The van der Waals surface area contributed by atoms with Crippen LogP contribution in [0.1, 0.15) is 38.2 Å². The van der Waals surface area contributed by atoms with Gasteiger partial charge in [-0.25, -0.2) is 0 Å². The van der Waals surface area contributed by atoms with Gasteiger partial charge in [0.15, 0.2) is 0 Å². The number of piperidine rings is 1. The van der Waals surface area contributed by atoms with E-state index < -0.39 is 5.54 Å². The van der Waals surface area contributed by atoms with Crippen LogP contribution in [0.25, 0.3) is 0 Å². The number of piperazine rings is 1. The van der Waals surface area contributed by atoms with Crippen LogP contribution in [-0.4, -0.2) is 84.5 Å².